The number of benzene rings is 1. The van der Waals surface area contributed by atoms with Gasteiger partial charge in [-0.3, -0.25) is 9.59 Å². The Bertz CT molecular complexity index is 758. The maximum Gasteiger partial charge on any atom is 0.272 e. The molecule has 25 heavy (non-hydrogen) atoms. The molecule has 3 rings (SSSR count). The summed E-state index contributed by atoms with van der Waals surface area (Å²) in [5, 5.41) is 2.71. The molecule has 6 nitrogen and oxygen atoms in total. The van der Waals surface area contributed by atoms with Crippen LogP contribution in [0.5, 0.6) is 0 Å². The highest BCUT2D eigenvalue weighted by molar-refractivity contribution is 5.96. The molecule has 1 aliphatic rings. The fraction of sp³-hybridized carbons (Fsp3) is 0.278. The van der Waals surface area contributed by atoms with Gasteiger partial charge < -0.3 is 15.0 Å². The van der Waals surface area contributed by atoms with Gasteiger partial charge in [0.2, 0.25) is 0 Å². The molecule has 130 valence electrons. The van der Waals surface area contributed by atoms with Gasteiger partial charge >= 0.3 is 0 Å². The van der Waals surface area contributed by atoms with Gasteiger partial charge in [0.25, 0.3) is 11.8 Å². The number of amides is 2. The number of hydrogen-bond acceptors (Lipinski definition) is 4. The Kier molecular flexibility index (Phi) is 5.35. The second-order valence-corrected chi connectivity index (χ2v) is 5.62. The van der Waals surface area contributed by atoms with Crippen molar-refractivity contribution in [2.45, 2.75) is 6.54 Å². The largest absolute Gasteiger partial charge is 0.378 e. The molecule has 0 radical (unpaired) electrons. The third kappa shape index (κ3) is 4.39. The highest BCUT2D eigenvalue weighted by Crippen LogP contribution is 2.07. The predicted octanol–water partition coefficient (Wildman–Crippen LogP) is 1.62. The maximum absolute atomic E-state index is 12.9. The Labute approximate surface area is 144 Å². The van der Waals surface area contributed by atoms with Crippen LogP contribution in [0.15, 0.2) is 42.5 Å². The minimum absolute atomic E-state index is 0.168. The molecule has 1 N–H and O–H groups in total. The average molecular weight is 343 g/mol. The zero-order chi connectivity index (χ0) is 17.6. The number of rotatable bonds is 4. The van der Waals surface area contributed by atoms with Gasteiger partial charge in [-0.25, -0.2) is 9.37 Å². The minimum Gasteiger partial charge on any atom is -0.378 e. The van der Waals surface area contributed by atoms with Crippen LogP contribution in [0.2, 0.25) is 0 Å². The Morgan fingerprint density at radius 1 is 1.08 bits per heavy atom. The Morgan fingerprint density at radius 2 is 1.76 bits per heavy atom. The molecule has 2 amide bonds. The van der Waals surface area contributed by atoms with E-state index >= 15 is 0 Å². The van der Waals surface area contributed by atoms with Crippen molar-refractivity contribution in [1.82, 2.24) is 15.2 Å². The van der Waals surface area contributed by atoms with E-state index in [1.54, 1.807) is 35.2 Å². The van der Waals surface area contributed by atoms with Gasteiger partial charge in [-0.15, -0.1) is 0 Å². The Balaban J connectivity index is 1.64. The zero-order valence-electron chi connectivity index (χ0n) is 13.6. The van der Waals surface area contributed by atoms with E-state index in [1.807, 2.05) is 0 Å². The number of carbonyl (C=O) groups is 2. The molecule has 0 spiro atoms. The molecular formula is C18H18FN3O3. The monoisotopic (exact) mass is 343 g/mol. The second kappa shape index (κ2) is 7.85. The number of nitrogens with zero attached hydrogens (tertiary/aromatic N) is 2. The van der Waals surface area contributed by atoms with Crippen molar-refractivity contribution in [2.24, 2.45) is 0 Å². The first-order valence-electron chi connectivity index (χ1n) is 8.00. The lowest BCUT2D eigenvalue weighted by molar-refractivity contribution is 0.0299. The van der Waals surface area contributed by atoms with E-state index in [2.05, 4.69) is 10.3 Å². The third-order valence-corrected chi connectivity index (χ3v) is 3.87. The molecule has 2 heterocycles. The van der Waals surface area contributed by atoms with Gasteiger partial charge in [-0.2, -0.15) is 0 Å². The summed E-state index contributed by atoms with van der Waals surface area (Å²) in [6.45, 7) is 2.29. The molecule has 1 aromatic carbocycles. The molecule has 0 aliphatic carbocycles. The van der Waals surface area contributed by atoms with Crippen molar-refractivity contribution in [1.29, 1.82) is 0 Å². The standard InChI is InChI=1S/C18H18FN3O3/c19-14-6-4-13(5-7-14)12-20-17(23)15-2-1-3-16(21-15)18(24)22-8-10-25-11-9-22/h1-7H,8-12H2,(H,20,23). The lowest BCUT2D eigenvalue weighted by atomic mass is 10.2. The molecule has 0 atom stereocenters. The number of pyridine rings is 1. The fourth-order valence-electron chi connectivity index (χ4n) is 2.48. The van der Waals surface area contributed by atoms with Gasteiger partial charge in [-0.1, -0.05) is 18.2 Å². The summed E-state index contributed by atoms with van der Waals surface area (Å²) in [5.41, 5.74) is 1.17. The molecule has 1 saturated heterocycles. The molecule has 1 fully saturated rings. The van der Waals surface area contributed by atoms with E-state index in [4.69, 9.17) is 4.74 Å². The van der Waals surface area contributed by atoms with Crippen molar-refractivity contribution < 1.29 is 18.7 Å². The van der Waals surface area contributed by atoms with Gasteiger partial charge in [0.15, 0.2) is 0 Å². The highest BCUT2D eigenvalue weighted by atomic mass is 19.1. The summed E-state index contributed by atoms with van der Waals surface area (Å²) in [5.74, 6) is -0.927. The van der Waals surface area contributed by atoms with E-state index in [0.29, 0.717) is 26.3 Å². The summed E-state index contributed by atoms with van der Waals surface area (Å²) >= 11 is 0. The molecule has 0 unspecified atom stereocenters. The SMILES string of the molecule is O=C(NCc1ccc(F)cc1)c1cccc(C(=O)N2CCOCC2)n1. The number of halogens is 1. The van der Waals surface area contributed by atoms with E-state index in [-0.39, 0.29) is 35.6 Å². The zero-order valence-corrected chi connectivity index (χ0v) is 13.6. The number of carbonyl (C=O) groups excluding carboxylic acids is 2. The summed E-state index contributed by atoms with van der Waals surface area (Å²) in [6, 6.07) is 10.6. The number of hydrogen-bond donors (Lipinski definition) is 1. The van der Waals surface area contributed by atoms with Crippen LogP contribution in [0.1, 0.15) is 26.5 Å². The molecule has 2 aromatic rings. The van der Waals surface area contributed by atoms with Crippen LogP contribution in [-0.2, 0) is 11.3 Å². The lowest BCUT2D eigenvalue weighted by Crippen LogP contribution is -2.41. The topological polar surface area (TPSA) is 71.5 Å². The van der Waals surface area contributed by atoms with Crippen molar-refractivity contribution in [3.63, 3.8) is 0 Å². The van der Waals surface area contributed by atoms with Gasteiger partial charge in [0, 0.05) is 19.6 Å². The second-order valence-electron chi connectivity index (χ2n) is 5.62. The van der Waals surface area contributed by atoms with Gasteiger partial charge in [0.05, 0.1) is 13.2 Å². The smallest absolute Gasteiger partial charge is 0.272 e. The summed E-state index contributed by atoms with van der Waals surface area (Å²) in [6.07, 6.45) is 0. The number of nitrogens with one attached hydrogen (secondary N) is 1. The molecular weight excluding hydrogens is 325 g/mol. The highest BCUT2D eigenvalue weighted by Gasteiger charge is 2.20. The molecule has 0 saturated carbocycles. The molecule has 1 aromatic heterocycles. The van der Waals surface area contributed by atoms with Gasteiger partial charge in [-0.05, 0) is 29.8 Å². The van der Waals surface area contributed by atoms with Gasteiger partial charge in [0.1, 0.15) is 17.2 Å². The number of aromatic nitrogens is 1. The Morgan fingerprint density at radius 3 is 2.48 bits per heavy atom. The third-order valence-electron chi connectivity index (χ3n) is 3.87. The summed E-state index contributed by atoms with van der Waals surface area (Å²) < 4.78 is 18.1. The Hall–Kier alpha value is -2.80. The first-order chi connectivity index (χ1) is 12.1. The number of morpholine rings is 1. The van der Waals surface area contributed by atoms with Crippen molar-refractivity contribution in [2.75, 3.05) is 26.3 Å². The van der Waals surface area contributed by atoms with Crippen LogP contribution in [0.4, 0.5) is 4.39 Å². The van der Waals surface area contributed by atoms with E-state index in [1.165, 1.54) is 12.1 Å². The van der Waals surface area contributed by atoms with Crippen LogP contribution in [0, 0.1) is 5.82 Å². The number of ether oxygens (including phenoxy) is 1. The normalized spacial score (nSPS) is 14.2. The molecule has 0 bridgehead atoms. The predicted molar refractivity (Wildman–Crippen MR) is 88.5 cm³/mol. The fourth-order valence-corrected chi connectivity index (χ4v) is 2.48. The minimum atomic E-state index is -0.388. The summed E-state index contributed by atoms with van der Waals surface area (Å²) in [4.78, 5) is 30.5. The molecule has 1 aliphatic heterocycles. The van der Waals surface area contributed by atoms with Crippen LogP contribution in [0.25, 0.3) is 0 Å². The quantitative estimate of drug-likeness (QED) is 0.916. The maximum atomic E-state index is 12.9. The molecule has 7 heteroatoms. The van der Waals surface area contributed by atoms with Crippen molar-refractivity contribution in [3.05, 3.63) is 65.2 Å². The van der Waals surface area contributed by atoms with E-state index in [0.717, 1.165) is 5.56 Å². The van der Waals surface area contributed by atoms with Crippen molar-refractivity contribution in [3.8, 4) is 0 Å². The van der Waals surface area contributed by atoms with Crippen LogP contribution < -0.4 is 5.32 Å². The first kappa shape index (κ1) is 17.0. The van der Waals surface area contributed by atoms with Crippen molar-refractivity contribution >= 4 is 11.8 Å². The summed E-state index contributed by atoms with van der Waals surface area (Å²) in [7, 11) is 0. The average Bonchev–Trinajstić information content (AvgIpc) is 2.67. The lowest BCUT2D eigenvalue weighted by Gasteiger charge is -2.26. The first-order valence-corrected chi connectivity index (χ1v) is 8.00. The van der Waals surface area contributed by atoms with Crippen LogP contribution in [0.3, 0.4) is 0 Å². The van der Waals surface area contributed by atoms with Crippen LogP contribution in [-0.4, -0.2) is 48.0 Å². The van der Waals surface area contributed by atoms with Crippen LogP contribution >= 0.6 is 0 Å². The van der Waals surface area contributed by atoms with E-state index < -0.39 is 0 Å². The van der Waals surface area contributed by atoms with E-state index in [9.17, 15) is 14.0 Å².